The highest BCUT2D eigenvalue weighted by Crippen LogP contribution is 2.18. The second-order valence-corrected chi connectivity index (χ2v) is 2.69. The molecular weight excluding hydrogens is 199 g/mol. The van der Waals surface area contributed by atoms with Crippen molar-refractivity contribution in [2.75, 3.05) is 6.61 Å². The Labute approximate surface area is 78.7 Å². The van der Waals surface area contributed by atoms with Gasteiger partial charge in [-0.05, 0) is 25.1 Å². The van der Waals surface area contributed by atoms with Gasteiger partial charge >= 0.3 is 6.98 Å². The van der Waals surface area contributed by atoms with E-state index in [2.05, 4.69) is 0 Å². The van der Waals surface area contributed by atoms with Crippen LogP contribution >= 0.6 is 0 Å². The summed E-state index contributed by atoms with van der Waals surface area (Å²) in [5.41, 5.74) is -1.02. The van der Waals surface area contributed by atoms with E-state index in [-0.39, 0.29) is 12.4 Å². The molecule has 0 bridgehead atoms. The lowest BCUT2D eigenvalue weighted by Crippen LogP contribution is -2.35. The molecule has 0 N–H and O–H groups in total. The molecule has 14 heavy (non-hydrogen) atoms. The second kappa shape index (κ2) is 3.90. The van der Waals surface area contributed by atoms with E-state index in [9.17, 15) is 17.3 Å². The van der Waals surface area contributed by atoms with E-state index in [1.807, 2.05) is 0 Å². The van der Waals surface area contributed by atoms with E-state index in [1.54, 1.807) is 6.92 Å². The van der Waals surface area contributed by atoms with Gasteiger partial charge in [0.05, 0.1) is 12.4 Å². The Morgan fingerprint density at radius 2 is 1.93 bits per heavy atom. The number of rotatable bonds is 3. The summed E-state index contributed by atoms with van der Waals surface area (Å²) in [5, 5.41) is 0. The first-order valence-corrected chi connectivity index (χ1v) is 4.07. The zero-order valence-corrected chi connectivity index (χ0v) is 7.44. The van der Waals surface area contributed by atoms with E-state index in [1.165, 1.54) is 0 Å². The van der Waals surface area contributed by atoms with Crippen LogP contribution in [0.15, 0.2) is 18.2 Å². The molecule has 0 aliphatic rings. The first-order valence-electron chi connectivity index (χ1n) is 4.07. The minimum absolute atomic E-state index is 0.116. The number of hydrogen-bond donors (Lipinski definition) is 0. The van der Waals surface area contributed by atoms with Gasteiger partial charge in [0.25, 0.3) is 0 Å². The average Bonchev–Trinajstić information content (AvgIpc) is 2.07. The van der Waals surface area contributed by atoms with E-state index in [0.717, 1.165) is 12.1 Å². The van der Waals surface area contributed by atoms with Crippen molar-refractivity contribution in [2.45, 2.75) is 6.92 Å². The SMILES string of the molecule is CCOc1ccc(F)cc1[B-](F)(F)F. The highest BCUT2D eigenvalue weighted by Gasteiger charge is 2.29. The predicted molar refractivity (Wildman–Crippen MR) is 46.3 cm³/mol. The standard InChI is InChI=1S/C8H8BF4O/c1-2-14-8-4-3-6(10)5-7(8)9(11,12)13/h3-5H,2H2,1H3/q-1. The van der Waals surface area contributed by atoms with Crippen molar-refractivity contribution in [2.24, 2.45) is 0 Å². The molecule has 0 aliphatic heterocycles. The smallest absolute Gasteiger partial charge is 0.497 e. The Bertz CT molecular complexity index is 324. The minimum atomic E-state index is -5.23. The van der Waals surface area contributed by atoms with Crippen LogP contribution in [0.3, 0.4) is 0 Å². The van der Waals surface area contributed by atoms with Crippen LogP contribution in [0.5, 0.6) is 5.75 Å². The molecule has 78 valence electrons. The molecule has 0 saturated heterocycles. The zero-order valence-electron chi connectivity index (χ0n) is 7.44. The Balaban J connectivity index is 3.16. The number of hydrogen-bond acceptors (Lipinski definition) is 1. The molecule has 0 unspecified atom stereocenters. The molecule has 1 aromatic carbocycles. The van der Waals surface area contributed by atoms with Gasteiger partial charge in [-0.1, -0.05) is 5.46 Å². The summed E-state index contributed by atoms with van der Waals surface area (Å²) in [6.07, 6.45) is 0. The normalized spacial score (nSPS) is 11.5. The van der Waals surface area contributed by atoms with E-state index >= 15 is 0 Å². The van der Waals surface area contributed by atoms with Crippen molar-refractivity contribution in [3.05, 3.63) is 24.0 Å². The fourth-order valence-corrected chi connectivity index (χ4v) is 1.06. The summed E-state index contributed by atoms with van der Waals surface area (Å²) in [7, 11) is 0. The first kappa shape index (κ1) is 10.9. The van der Waals surface area contributed by atoms with Crippen LogP contribution in [0.25, 0.3) is 0 Å². The van der Waals surface area contributed by atoms with Gasteiger partial charge in [-0.25, -0.2) is 4.39 Å². The Morgan fingerprint density at radius 3 is 2.43 bits per heavy atom. The van der Waals surface area contributed by atoms with Crippen LogP contribution in [0, 0.1) is 5.82 Å². The van der Waals surface area contributed by atoms with Crippen LogP contribution in [-0.2, 0) is 0 Å². The lowest BCUT2D eigenvalue weighted by molar-refractivity contribution is 0.340. The topological polar surface area (TPSA) is 9.23 Å². The fraction of sp³-hybridized carbons (Fsp3) is 0.250. The molecular formula is C8H8BF4O-. The third-order valence-corrected chi connectivity index (χ3v) is 1.62. The Hall–Kier alpha value is -1.20. The summed E-state index contributed by atoms with van der Waals surface area (Å²) in [4.78, 5) is 0. The van der Waals surface area contributed by atoms with Gasteiger partial charge in [0, 0.05) is 0 Å². The van der Waals surface area contributed by atoms with Crippen molar-refractivity contribution < 1.29 is 22.1 Å². The third kappa shape index (κ3) is 2.40. The zero-order chi connectivity index (χ0) is 10.8. The summed E-state index contributed by atoms with van der Waals surface area (Å²) in [5.74, 6) is -1.23. The minimum Gasteiger partial charge on any atom is -0.497 e. The van der Waals surface area contributed by atoms with Gasteiger partial charge < -0.3 is 17.7 Å². The monoisotopic (exact) mass is 207 g/mol. The summed E-state index contributed by atoms with van der Waals surface area (Å²) < 4.78 is 54.4. The second-order valence-electron chi connectivity index (χ2n) is 2.69. The van der Waals surface area contributed by atoms with E-state index in [0.29, 0.717) is 6.07 Å². The highest BCUT2D eigenvalue weighted by molar-refractivity contribution is 6.74. The van der Waals surface area contributed by atoms with Gasteiger partial charge in [-0.3, -0.25) is 0 Å². The largest absolute Gasteiger partial charge is 0.513 e. The summed E-state index contributed by atoms with van der Waals surface area (Å²) in [6, 6.07) is 2.38. The first-order chi connectivity index (χ1) is 6.45. The lowest BCUT2D eigenvalue weighted by Gasteiger charge is -2.19. The number of halogens is 4. The van der Waals surface area contributed by atoms with E-state index in [4.69, 9.17) is 4.74 Å². The summed E-state index contributed by atoms with van der Waals surface area (Å²) in [6.45, 7) is -3.55. The molecule has 0 spiro atoms. The highest BCUT2D eigenvalue weighted by atomic mass is 19.4. The van der Waals surface area contributed by atoms with Crippen LogP contribution in [0.4, 0.5) is 17.3 Å². The Morgan fingerprint density at radius 1 is 1.29 bits per heavy atom. The average molecular weight is 207 g/mol. The maximum absolute atomic E-state index is 12.6. The number of ether oxygens (including phenoxy) is 1. The molecule has 1 aromatic rings. The molecule has 0 aliphatic carbocycles. The van der Waals surface area contributed by atoms with Gasteiger partial charge in [-0.2, -0.15) is 0 Å². The van der Waals surface area contributed by atoms with Crippen LogP contribution in [0.1, 0.15) is 6.92 Å². The van der Waals surface area contributed by atoms with Crippen molar-refractivity contribution in [1.29, 1.82) is 0 Å². The molecule has 1 nitrogen and oxygen atoms in total. The van der Waals surface area contributed by atoms with Gasteiger partial charge in [0.15, 0.2) is 0 Å². The van der Waals surface area contributed by atoms with Crippen molar-refractivity contribution >= 4 is 12.4 Å². The van der Waals surface area contributed by atoms with Crippen LogP contribution in [-0.4, -0.2) is 13.6 Å². The third-order valence-electron chi connectivity index (χ3n) is 1.62. The molecule has 0 aromatic heterocycles. The van der Waals surface area contributed by atoms with Gasteiger partial charge in [0.2, 0.25) is 0 Å². The van der Waals surface area contributed by atoms with Crippen molar-refractivity contribution in [1.82, 2.24) is 0 Å². The molecule has 0 atom stereocenters. The summed E-state index contributed by atoms with van der Waals surface area (Å²) >= 11 is 0. The maximum atomic E-state index is 12.6. The van der Waals surface area contributed by atoms with Gasteiger partial charge in [-0.15, -0.1) is 0 Å². The molecule has 1 rings (SSSR count). The molecule has 0 heterocycles. The van der Waals surface area contributed by atoms with Crippen LogP contribution < -0.4 is 10.2 Å². The molecule has 0 fully saturated rings. The Kier molecular flexibility index (Phi) is 3.03. The fourth-order valence-electron chi connectivity index (χ4n) is 1.06. The molecule has 6 heteroatoms. The molecule has 0 amide bonds. The predicted octanol–water partition coefficient (Wildman–Crippen LogP) is 2.28. The molecule has 0 radical (unpaired) electrons. The number of benzene rings is 1. The molecule has 0 saturated carbocycles. The quantitative estimate of drug-likeness (QED) is 0.545. The van der Waals surface area contributed by atoms with Crippen molar-refractivity contribution in [3.63, 3.8) is 0 Å². The maximum Gasteiger partial charge on any atom is 0.513 e. The van der Waals surface area contributed by atoms with E-state index < -0.39 is 18.3 Å². The van der Waals surface area contributed by atoms with Gasteiger partial charge in [0.1, 0.15) is 5.82 Å². The van der Waals surface area contributed by atoms with Crippen molar-refractivity contribution in [3.8, 4) is 5.75 Å². The lowest BCUT2D eigenvalue weighted by atomic mass is 9.79. The van der Waals surface area contributed by atoms with Crippen LogP contribution in [0.2, 0.25) is 0 Å².